The molecule has 2 rings (SSSR count). The van der Waals surface area contributed by atoms with Crippen molar-refractivity contribution in [2.75, 3.05) is 21.1 Å². The molecule has 29 heavy (non-hydrogen) atoms. The third-order valence-corrected chi connectivity index (χ3v) is 4.20. The highest BCUT2D eigenvalue weighted by molar-refractivity contribution is 6.30. The topological polar surface area (TPSA) is 48.9 Å². The van der Waals surface area contributed by atoms with Crippen molar-refractivity contribution in [3.8, 4) is 5.75 Å². The molecular weight excluding hydrogens is 405 g/mol. The van der Waals surface area contributed by atoms with E-state index in [1.165, 1.54) is 18.2 Å². The van der Waals surface area contributed by atoms with Crippen LogP contribution < -0.4 is 15.4 Å². The minimum atomic E-state index is -2.93. The number of alkyl halides is 2. The zero-order valence-electron chi connectivity index (χ0n) is 16.5. The lowest BCUT2D eigenvalue weighted by Gasteiger charge is -2.16. The Bertz CT molecular complexity index is 846. The largest absolute Gasteiger partial charge is 0.434 e. The molecule has 0 amide bonds. The van der Waals surface area contributed by atoms with Gasteiger partial charge in [-0.1, -0.05) is 17.7 Å². The van der Waals surface area contributed by atoms with E-state index < -0.39 is 6.61 Å². The van der Waals surface area contributed by atoms with E-state index in [9.17, 15) is 13.2 Å². The molecular formula is C20H24ClF3N4O. The van der Waals surface area contributed by atoms with Crippen LogP contribution in [0.2, 0.25) is 5.02 Å². The fourth-order valence-corrected chi connectivity index (χ4v) is 2.88. The van der Waals surface area contributed by atoms with Gasteiger partial charge in [0.2, 0.25) is 0 Å². The predicted octanol–water partition coefficient (Wildman–Crippen LogP) is 4.01. The second kappa shape index (κ2) is 10.9. The summed E-state index contributed by atoms with van der Waals surface area (Å²) in [6, 6.07) is 9.35. The summed E-state index contributed by atoms with van der Waals surface area (Å²) >= 11 is 5.96. The van der Waals surface area contributed by atoms with Crippen LogP contribution in [0.5, 0.6) is 5.75 Å². The molecule has 0 aliphatic heterocycles. The molecule has 0 aromatic heterocycles. The first-order chi connectivity index (χ1) is 13.8. The van der Waals surface area contributed by atoms with Gasteiger partial charge < -0.3 is 20.3 Å². The summed E-state index contributed by atoms with van der Waals surface area (Å²) in [6.07, 6.45) is 0. The molecule has 0 fully saturated rings. The number of nitrogens with one attached hydrogen (secondary N) is 2. The predicted molar refractivity (Wildman–Crippen MR) is 109 cm³/mol. The summed E-state index contributed by atoms with van der Waals surface area (Å²) in [5.74, 6) is 0.239. The highest BCUT2D eigenvalue weighted by Crippen LogP contribution is 2.24. The molecule has 0 saturated heterocycles. The number of halogens is 4. The van der Waals surface area contributed by atoms with E-state index >= 15 is 0 Å². The molecule has 0 unspecified atom stereocenters. The average Bonchev–Trinajstić information content (AvgIpc) is 2.65. The van der Waals surface area contributed by atoms with Gasteiger partial charge >= 0.3 is 6.61 Å². The highest BCUT2D eigenvalue weighted by Gasteiger charge is 2.11. The molecule has 0 spiro atoms. The lowest BCUT2D eigenvalue weighted by atomic mass is 10.1. The Morgan fingerprint density at radius 3 is 2.48 bits per heavy atom. The first-order valence-electron chi connectivity index (χ1n) is 8.88. The van der Waals surface area contributed by atoms with Gasteiger partial charge in [0.25, 0.3) is 0 Å². The third-order valence-electron chi connectivity index (χ3n) is 3.97. The van der Waals surface area contributed by atoms with Crippen LogP contribution in [-0.4, -0.2) is 38.6 Å². The van der Waals surface area contributed by atoms with Crippen LogP contribution in [0.4, 0.5) is 13.2 Å². The van der Waals surface area contributed by atoms with Gasteiger partial charge in [0.05, 0.1) is 0 Å². The van der Waals surface area contributed by atoms with E-state index in [2.05, 4.69) is 20.4 Å². The van der Waals surface area contributed by atoms with E-state index in [1.54, 1.807) is 25.2 Å². The van der Waals surface area contributed by atoms with Crippen LogP contribution in [0.1, 0.15) is 16.7 Å². The van der Waals surface area contributed by atoms with Crippen molar-refractivity contribution in [2.24, 2.45) is 4.99 Å². The zero-order valence-corrected chi connectivity index (χ0v) is 17.2. The van der Waals surface area contributed by atoms with E-state index in [1.807, 2.05) is 19.0 Å². The lowest BCUT2D eigenvalue weighted by molar-refractivity contribution is -0.0504. The molecule has 2 N–H and O–H groups in total. The molecule has 0 bridgehead atoms. The first kappa shape index (κ1) is 22.8. The van der Waals surface area contributed by atoms with Crippen molar-refractivity contribution < 1.29 is 17.9 Å². The SMILES string of the molecule is CN=C(NCc1ccc(F)c(CN(C)C)c1)NCc1cc(Cl)ccc1OC(F)F. The Balaban J connectivity index is 2.00. The summed E-state index contributed by atoms with van der Waals surface area (Å²) in [6.45, 7) is -1.84. The lowest BCUT2D eigenvalue weighted by Crippen LogP contribution is -2.36. The zero-order chi connectivity index (χ0) is 21.4. The highest BCUT2D eigenvalue weighted by atomic mass is 35.5. The molecule has 9 heteroatoms. The van der Waals surface area contributed by atoms with Gasteiger partial charge in [0.15, 0.2) is 5.96 Å². The first-order valence-corrected chi connectivity index (χ1v) is 9.26. The maximum atomic E-state index is 13.9. The average molecular weight is 429 g/mol. The number of rotatable bonds is 8. The van der Waals surface area contributed by atoms with Crippen molar-refractivity contribution in [2.45, 2.75) is 26.2 Å². The quantitative estimate of drug-likeness (QED) is 0.493. The van der Waals surface area contributed by atoms with Crippen LogP contribution in [-0.2, 0) is 19.6 Å². The van der Waals surface area contributed by atoms with Gasteiger partial charge in [-0.2, -0.15) is 8.78 Å². The summed E-state index contributed by atoms with van der Waals surface area (Å²) < 4.78 is 43.6. The van der Waals surface area contributed by atoms with Gasteiger partial charge in [-0.15, -0.1) is 0 Å². The maximum absolute atomic E-state index is 13.9. The van der Waals surface area contributed by atoms with Gasteiger partial charge in [-0.25, -0.2) is 4.39 Å². The smallest absolute Gasteiger partial charge is 0.387 e. The molecule has 158 valence electrons. The van der Waals surface area contributed by atoms with Crippen LogP contribution in [0.3, 0.4) is 0 Å². The van der Waals surface area contributed by atoms with Crippen LogP contribution in [0.15, 0.2) is 41.4 Å². The molecule has 2 aromatic carbocycles. The van der Waals surface area contributed by atoms with Gasteiger partial charge in [-0.05, 0) is 50.0 Å². The monoisotopic (exact) mass is 428 g/mol. The van der Waals surface area contributed by atoms with Crippen molar-refractivity contribution in [1.29, 1.82) is 0 Å². The second-order valence-corrected chi connectivity index (χ2v) is 7.01. The Morgan fingerprint density at radius 1 is 1.10 bits per heavy atom. The van der Waals surface area contributed by atoms with Crippen molar-refractivity contribution in [3.05, 3.63) is 63.9 Å². The fourth-order valence-electron chi connectivity index (χ4n) is 2.68. The number of aliphatic imine (C=N–C) groups is 1. The summed E-state index contributed by atoms with van der Waals surface area (Å²) in [4.78, 5) is 6.00. The number of hydrogen-bond acceptors (Lipinski definition) is 3. The van der Waals surface area contributed by atoms with E-state index in [4.69, 9.17) is 11.6 Å². The van der Waals surface area contributed by atoms with Crippen LogP contribution in [0, 0.1) is 5.82 Å². The van der Waals surface area contributed by atoms with E-state index in [0.29, 0.717) is 35.2 Å². The third kappa shape index (κ3) is 7.47. The summed E-state index contributed by atoms with van der Waals surface area (Å²) in [7, 11) is 5.34. The summed E-state index contributed by atoms with van der Waals surface area (Å²) in [5.41, 5.74) is 1.96. The number of hydrogen-bond donors (Lipinski definition) is 2. The molecule has 2 aromatic rings. The number of ether oxygens (including phenoxy) is 1. The summed E-state index contributed by atoms with van der Waals surface area (Å²) in [5, 5.41) is 6.55. The molecule has 0 atom stereocenters. The van der Waals surface area contributed by atoms with E-state index in [-0.39, 0.29) is 18.1 Å². The second-order valence-electron chi connectivity index (χ2n) is 6.57. The van der Waals surface area contributed by atoms with Crippen molar-refractivity contribution in [1.82, 2.24) is 15.5 Å². The van der Waals surface area contributed by atoms with Crippen molar-refractivity contribution >= 4 is 17.6 Å². The molecule has 0 heterocycles. The van der Waals surface area contributed by atoms with Gasteiger partial charge in [0, 0.05) is 42.8 Å². The molecule has 5 nitrogen and oxygen atoms in total. The Morgan fingerprint density at radius 2 is 1.83 bits per heavy atom. The van der Waals surface area contributed by atoms with E-state index in [0.717, 1.165) is 5.56 Å². The Hall–Kier alpha value is -2.45. The van der Waals surface area contributed by atoms with Crippen LogP contribution >= 0.6 is 11.6 Å². The van der Waals surface area contributed by atoms with Crippen molar-refractivity contribution in [3.63, 3.8) is 0 Å². The standard InChI is InChI=1S/C20H24ClF3N4O/c1-25-20(26-10-13-4-6-17(22)15(8-13)12-28(2)3)27-11-14-9-16(21)5-7-18(14)29-19(23)24/h4-9,19H,10-12H2,1-3H3,(H2,25,26,27). The minimum absolute atomic E-state index is 0.0409. The number of benzene rings is 2. The normalized spacial score (nSPS) is 11.8. The molecule has 0 aliphatic carbocycles. The van der Waals surface area contributed by atoms with Gasteiger partial charge in [-0.3, -0.25) is 4.99 Å². The Labute approximate surface area is 173 Å². The molecule has 0 aliphatic rings. The fraction of sp³-hybridized carbons (Fsp3) is 0.350. The van der Waals surface area contributed by atoms with Crippen LogP contribution in [0.25, 0.3) is 0 Å². The number of guanidine groups is 1. The maximum Gasteiger partial charge on any atom is 0.387 e. The Kier molecular flexibility index (Phi) is 8.60. The van der Waals surface area contributed by atoms with Gasteiger partial charge in [0.1, 0.15) is 11.6 Å². The molecule has 0 radical (unpaired) electrons. The minimum Gasteiger partial charge on any atom is -0.434 e. The molecule has 0 saturated carbocycles. The number of nitrogens with zero attached hydrogens (tertiary/aromatic N) is 2.